The van der Waals surface area contributed by atoms with Crippen LogP contribution in [0.5, 0.6) is 0 Å². The lowest BCUT2D eigenvalue weighted by Crippen LogP contribution is -2.13. The number of ether oxygens (including phenoxy) is 1. The van der Waals surface area contributed by atoms with Gasteiger partial charge in [0.1, 0.15) is 0 Å². The average Bonchev–Trinajstić information content (AvgIpc) is 2.54. The van der Waals surface area contributed by atoms with Gasteiger partial charge in [0.15, 0.2) is 0 Å². The van der Waals surface area contributed by atoms with Crippen molar-refractivity contribution in [2.24, 2.45) is 0 Å². The zero-order valence-corrected chi connectivity index (χ0v) is 9.39. The van der Waals surface area contributed by atoms with Crippen LogP contribution < -0.4 is 0 Å². The molecule has 0 saturated heterocycles. The molecule has 1 aliphatic heterocycles. The fraction of sp³-hybridized carbons (Fsp3) is 0.833. The average molecular weight is 182 g/mol. The highest BCUT2D eigenvalue weighted by molar-refractivity contribution is 5.26. The summed E-state index contributed by atoms with van der Waals surface area (Å²) in [6.45, 7) is 8.92. The minimum Gasteiger partial charge on any atom is -0.366 e. The summed E-state index contributed by atoms with van der Waals surface area (Å²) in [7, 11) is 0. The van der Waals surface area contributed by atoms with Crippen LogP contribution in [0.25, 0.3) is 0 Å². The van der Waals surface area contributed by atoms with Gasteiger partial charge in [0.25, 0.3) is 0 Å². The summed E-state index contributed by atoms with van der Waals surface area (Å²) in [5.41, 5.74) is 3.16. The summed E-state index contributed by atoms with van der Waals surface area (Å²) in [4.78, 5) is 0. The Labute approximate surface area is 82.2 Å². The molecule has 1 aliphatic rings. The fourth-order valence-corrected chi connectivity index (χ4v) is 2.37. The van der Waals surface area contributed by atoms with Crippen molar-refractivity contribution in [2.75, 3.05) is 0 Å². The second-order valence-corrected chi connectivity index (χ2v) is 3.69. The maximum Gasteiger partial charge on any atom is 0.0794 e. The third kappa shape index (κ3) is 1.96. The van der Waals surface area contributed by atoms with Crippen LogP contribution in [0.1, 0.15) is 53.4 Å². The molecule has 0 aliphatic carbocycles. The lowest BCUT2D eigenvalue weighted by Gasteiger charge is -2.13. The molecule has 0 aromatic heterocycles. The van der Waals surface area contributed by atoms with Crippen molar-refractivity contribution in [3.8, 4) is 0 Å². The maximum atomic E-state index is 5.99. The van der Waals surface area contributed by atoms with Crippen LogP contribution in [0.2, 0.25) is 0 Å². The maximum absolute atomic E-state index is 5.99. The van der Waals surface area contributed by atoms with E-state index >= 15 is 0 Å². The Bertz CT molecular complexity index is 173. The molecule has 0 bridgehead atoms. The highest BCUT2D eigenvalue weighted by Gasteiger charge is 2.29. The minimum atomic E-state index is 0.421. The van der Waals surface area contributed by atoms with Crippen molar-refractivity contribution in [1.82, 2.24) is 0 Å². The van der Waals surface area contributed by atoms with E-state index in [2.05, 4.69) is 27.7 Å². The molecule has 0 fully saturated rings. The van der Waals surface area contributed by atoms with Gasteiger partial charge in [-0.2, -0.15) is 0 Å². The normalized spacial score (nSPS) is 28.6. The molecule has 1 nitrogen and oxygen atoms in total. The van der Waals surface area contributed by atoms with Gasteiger partial charge in [0.05, 0.1) is 12.2 Å². The van der Waals surface area contributed by atoms with Gasteiger partial charge in [0, 0.05) is 0 Å². The van der Waals surface area contributed by atoms with Crippen molar-refractivity contribution < 1.29 is 4.74 Å². The molecule has 0 amide bonds. The molecule has 1 heteroatoms. The Morgan fingerprint density at radius 3 is 1.46 bits per heavy atom. The quantitative estimate of drug-likeness (QED) is 0.602. The standard InChI is InChI=1S/C12H22O/c1-5-9-10(6-2)12(8-4)13-11(9)7-3/h11-12H,5-8H2,1-4H3. The topological polar surface area (TPSA) is 9.23 Å². The van der Waals surface area contributed by atoms with Gasteiger partial charge in [0.2, 0.25) is 0 Å². The Balaban J connectivity index is 2.84. The van der Waals surface area contributed by atoms with Crippen LogP contribution in [0.15, 0.2) is 11.1 Å². The zero-order valence-electron chi connectivity index (χ0n) is 9.39. The van der Waals surface area contributed by atoms with Gasteiger partial charge in [-0.15, -0.1) is 0 Å². The van der Waals surface area contributed by atoms with Gasteiger partial charge >= 0.3 is 0 Å². The van der Waals surface area contributed by atoms with E-state index in [1.807, 2.05) is 0 Å². The van der Waals surface area contributed by atoms with Crippen LogP contribution >= 0.6 is 0 Å². The van der Waals surface area contributed by atoms with Gasteiger partial charge in [-0.25, -0.2) is 0 Å². The van der Waals surface area contributed by atoms with Crippen molar-refractivity contribution in [3.05, 3.63) is 11.1 Å². The summed E-state index contributed by atoms with van der Waals surface area (Å²) >= 11 is 0. The Hall–Kier alpha value is -0.300. The van der Waals surface area contributed by atoms with Crippen molar-refractivity contribution in [2.45, 2.75) is 65.6 Å². The Kier molecular flexibility index (Phi) is 3.98. The Morgan fingerprint density at radius 1 is 0.846 bits per heavy atom. The van der Waals surface area contributed by atoms with Crippen molar-refractivity contribution in [1.29, 1.82) is 0 Å². The van der Waals surface area contributed by atoms with E-state index in [0.717, 1.165) is 25.7 Å². The first-order valence-electron chi connectivity index (χ1n) is 5.65. The third-order valence-electron chi connectivity index (χ3n) is 3.02. The molecule has 0 radical (unpaired) electrons. The molecular weight excluding hydrogens is 160 g/mol. The Morgan fingerprint density at radius 2 is 1.23 bits per heavy atom. The highest BCUT2D eigenvalue weighted by Crippen LogP contribution is 2.34. The van der Waals surface area contributed by atoms with Crippen LogP contribution in [0.3, 0.4) is 0 Å². The first-order valence-corrected chi connectivity index (χ1v) is 5.65. The third-order valence-corrected chi connectivity index (χ3v) is 3.02. The smallest absolute Gasteiger partial charge is 0.0794 e. The largest absolute Gasteiger partial charge is 0.366 e. The summed E-state index contributed by atoms with van der Waals surface area (Å²) in [5.74, 6) is 0. The molecule has 76 valence electrons. The summed E-state index contributed by atoms with van der Waals surface area (Å²) in [6, 6.07) is 0. The van der Waals surface area contributed by atoms with Gasteiger partial charge in [-0.05, 0) is 36.8 Å². The first-order chi connectivity index (χ1) is 6.28. The van der Waals surface area contributed by atoms with E-state index in [1.165, 1.54) is 0 Å². The molecule has 0 spiro atoms. The lowest BCUT2D eigenvalue weighted by molar-refractivity contribution is 0.0472. The van der Waals surface area contributed by atoms with Gasteiger partial charge in [-0.1, -0.05) is 27.7 Å². The van der Waals surface area contributed by atoms with E-state index in [9.17, 15) is 0 Å². The molecule has 2 atom stereocenters. The van der Waals surface area contributed by atoms with E-state index in [0.29, 0.717) is 12.2 Å². The molecule has 0 aromatic carbocycles. The second kappa shape index (κ2) is 4.80. The molecule has 1 rings (SSSR count). The van der Waals surface area contributed by atoms with Gasteiger partial charge in [-0.3, -0.25) is 0 Å². The predicted octanol–water partition coefficient (Wildman–Crippen LogP) is 3.69. The van der Waals surface area contributed by atoms with Crippen LogP contribution in [0, 0.1) is 0 Å². The molecule has 0 N–H and O–H groups in total. The number of hydrogen-bond donors (Lipinski definition) is 0. The minimum absolute atomic E-state index is 0.421. The zero-order chi connectivity index (χ0) is 9.84. The van der Waals surface area contributed by atoms with Crippen molar-refractivity contribution in [3.63, 3.8) is 0 Å². The second-order valence-electron chi connectivity index (χ2n) is 3.69. The van der Waals surface area contributed by atoms with Crippen molar-refractivity contribution >= 4 is 0 Å². The molecule has 0 aromatic rings. The molecule has 0 saturated carbocycles. The van der Waals surface area contributed by atoms with E-state index in [-0.39, 0.29) is 0 Å². The highest BCUT2D eigenvalue weighted by atomic mass is 16.5. The van der Waals surface area contributed by atoms with Gasteiger partial charge < -0.3 is 4.74 Å². The molecule has 1 heterocycles. The van der Waals surface area contributed by atoms with E-state index < -0.39 is 0 Å². The molecule has 13 heavy (non-hydrogen) atoms. The van der Waals surface area contributed by atoms with E-state index in [1.54, 1.807) is 11.1 Å². The molecule has 2 unspecified atom stereocenters. The monoisotopic (exact) mass is 182 g/mol. The summed E-state index contributed by atoms with van der Waals surface area (Å²) < 4.78 is 5.99. The summed E-state index contributed by atoms with van der Waals surface area (Å²) in [6.07, 6.45) is 5.43. The summed E-state index contributed by atoms with van der Waals surface area (Å²) in [5, 5.41) is 0. The number of hydrogen-bond acceptors (Lipinski definition) is 1. The fourth-order valence-electron chi connectivity index (χ4n) is 2.37. The SMILES string of the molecule is CCC1=C(CC)C(CC)OC1CC. The molecular formula is C12H22O. The predicted molar refractivity (Wildman–Crippen MR) is 56.9 cm³/mol. The lowest BCUT2D eigenvalue weighted by atomic mass is 9.96. The first kappa shape index (κ1) is 10.8. The van der Waals surface area contributed by atoms with Crippen LogP contribution in [0.4, 0.5) is 0 Å². The van der Waals surface area contributed by atoms with Crippen LogP contribution in [-0.2, 0) is 4.74 Å². The van der Waals surface area contributed by atoms with Crippen LogP contribution in [-0.4, -0.2) is 12.2 Å². The van der Waals surface area contributed by atoms with E-state index in [4.69, 9.17) is 4.74 Å². The number of rotatable bonds is 4.